The van der Waals surface area contributed by atoms with Crippen molar-refractivity contribution in [3.05, 3.63) is 29.8 Å². The van der Waals surface area contributed by atoms with Crippen LogP contribution in [0.2, 0.25) is 0 Å². The molecule has 0 spiro atoms. The smallest absolute Gasteiger partial charge is 0.288 e. The largest absolute Gasteiger partial charge is 0.355 e. The summed E-state index contributed by atoms with van der Waals surface area (Å²) in [5.74, 6) is -2.28. The summed E-state index contributed by atoms with van der Waals surface area (Å²) in [4.78, 5) is 11.6. The van der Waals surface area contributed by atoms with Crippen LogP contribution in [0, 0.1) is 0 Å². The first-order valence-corrected chi connectivity index (χ1v) is 7.05. The topological polar surface area (TPSA) is 41.1 Å². The Morgan fingerprint density at radius 1 is 1.37 bits per heavy atom. The minimum Gasteiger partial charge on any atom is -0.355 e. The predicted octanol–water partition coefficient (Wildman–Crippen LogP) is 2.37. The van der Waals surface area contributed by atoms with E-state index in [2.05, 4.69) is 10.6 Å². The quantitative estimate of drug-likeness (QED) is 0.817. The molecule has 1 atom stereocenters. The first-order chi connectivity index (χ1) is 9.13. The number of piperidine rings is 1. The number of benzene rings is 1. The molecule has 6 heteroatoms. The van der Waals surface area contributed by atoms with Crippen molar-refractivity contribution in [1.82, 2.24) is 10.6 Å². The van der Waals surface area contributed by atoms with Gasteiger partial charge in [0.05, 0.1) is 0 Å². The van der Waals surface area contributed by atoms with Crippen LogP contribution < -0.4 is 10.6 Å². The Kier molecular flexibility index (Phi) is 5.15. The number of amides is 1. The van der Waals surface area contributed by atoms with Gasteiger partial charge in [-0.1, -0.05) is 23.9 Å². The molecule has 0 radical (unpaired) electrons. The van der Waals surface area contributed by atoms with Crippen LogP contribution in [0.1, 0.15) is 18.4 Å². The van der Waals surface area contributed by atoms with Crippen molar-refractivity contribution in [3.8, 4) is 0 Å². The second-order valence-electron chi connectivity index (χ2n) is 4.44. The molecule has 1 aliphatic rings. The third-order valence-electron chi connectivity index (χ3n) is 3.01. The summed E-state index contributed by atoms with van der Waals surface area (Å²) in [5.41, 5.74) is 1.05. The number of carbonyl (C=O) groups is 1. The van der Waals surface area contributed by atoms with Gasteiger partial charge in [0.15, 0.2) is 0 Å². The van der Waals surface area contributed by atoms with Crippen LogP contribution in [0.15, 0.2) is 29.2 Å². The summed E-state index contributed by atoms with van der Waals surface area (Å²) in [6.07, 6.45) is 1.40. The average Bonchev–Trinajstić information content (AvgIpc) is 2.39. The maximum atomic E-state index is 12.2. The third kappa shape index (κ3) is 4.80. The highest BCUT2D eigenvalue weighted by molar-refractivity contribution is 7.99. The Hall–Kier alpha value is -1.14. The lowest BCUT2D eigenvalue weighted by Gasteiger charge is -2.23. The second-order valence-corrected chi connectivity index (χ2v) is 5.51. The van der Waals surface area contributed by atoms with Crippen LogP contribution in [-0.2, 0) is 11.3 Å². The Morgan fingerprint density at radius 2 is 2.11 bits per heavy atom. The van der Waals surface area contributed by atoms with Crippen molar-refractivity contribution in [1.29, 1.82) is 0 Å². The molecule has 0 aliphatic carbocycles. The maximum Gasteiger partial charge on any atom is 0.288 e. The number of hydrogen-bond acceptors (Lipinski definition) is 3. The third-order valence-corrected chi connectivity index (χ3v) is 3.73. The lowest BCUT2D eigenvalue weighted by Crippen LogP contribution is -2.45. The van der Waals surface area contributed by atoms with Crippen LogP contribution in [-0.4, -0.2) is 24.3 Å². The maximum absolute atomic E-state index is 12.2. The predicted molar refractivity (Wildman–Crippen MR) is 71.2 cm³/mol. The summed E-state index contributed by atoms with van der Waals surface area (Å²) in [6, 6.07) is 7.39. The van der Waals surface area contributed by atoms with E-state index in [4.69, 9.17) is 0 Å². The monoisotopic (exact) mass is 286 g/mol. The highest BCUT2D eigenvalue weighted by atomic mass is 32.2. The minimum absolute atomic E-state index is 0.103. The Morgan fingerprint density at radius 3 is 2.68 bits per heavy atom. The molecule has 1 heterocycles. The van der Waals surface area contributed by atoms with Gasteiger partial charge in [-0.25, -0.2) is 0 Å². The second kappa shape index (κ2) is 6.86. The van der Waals surface area contributed by atoms with Crippen LogP contribution in [0.4, 0.5) is 8.78 Å². The van der Waals surface area contributed by atoms with E-state index in [1.807, 2.05) is 12.1 Å². The lowest BCUT2D eigenvalue weighted by molar-refractivity contribution is -0.122. The van der Waals surface area contributed by atoms with Gasteiger partial charge in [0.1, 0.15) is 0 Å². The number of halogens is 2. The van der Waals surface area contributed by atoms with Crippen molar-refractivity contribution in [3.63, 3.8) is 0 Å². The van der Waals surface area contributed by atoms with Crippen LogP contribution >= 0.6 is 11.8 Å². The number of carbonyl (C=O) groups excluding carboxylic acids is 1. The van der Waals surface area contributed by atoms with Gasteiger partial charge >= 0.3 is 0 Å². The molecule has 0 aromatic heterocycles. The highest BCUT2D eigenvalue weighted by Crippen LogP contribution is 2.25. The fraction of sp³-hybridized carbons (Fsp3) is 0.462. The molecular formula is C13H16F2N2OS. The molecule has 19 heavy (non-hydrogen) atoms. The van der Waals surface area contributed by atoms with Gasteiger partial charge in [-0.05, 0) is 24.1 Å². The molecule has 1 aliphatic heterocycles. The van der Waals surface area contributed by atoms with Crippen LogP contribution in [0.3, 0.4) is 0 Å². The Labute approximate surface area is 115 Å². The van der Waals surface area contributed by atoms with Crippen molar-refractivity contribution in [2.75, 3.05) is 6.54 Å². The fourth-order valence-corrected chi connectivity index (χ4v) is 2.46. The number of alkyl halides is 2. The molecule has 1 saturated heterocycles. The summed E-state index contributed by atoms with van der Waals surface area (Å²) >= 11 is 0.552. The molecule has 3 nitrogen and oxygen atoms in total. The normalized spacial score (nSPS) is 19.5. The zero-order valence-corrected chi connectivity index (χ0v) is 11.2. The molecular weight excluding hydrogens is 270 g/mol. The van der Waals surface area contributed by atoms with E-state index in [1.54, 1.807) is 12.1 Å². The lowest BCUT2D eigenvalue weighted by atomic mass is 10.1. The van der Waals surface area contributed by atoms with E-state index in [-0.39, 0.29) is 11.9 Å². The van der Waals surface area contributed by atoms with E-state index in [0.717, 1.165) is 12.0 Å². The molecule has 1 aromatic rings. The summed E-state index contributed by atoms with van der Waals surface area (Å²) in [6.45, 7) is 1.33. The van der Waals surface area contributed by atoms with Gasteiger partial charge in [-0.15, -0.1) is 0 Å². The van der Waals surface area contributed by atoms with Crippen LogP contribution in [0.25, 0.3) is 0 Å². The molecule has 1 fully saturated rings. The molecule has 0 saturated carbocycles. The van der Waals surface area contributed by atoms with Gasteiger partial charge in [0.2, 0.25) is 5.91 Å². The summed E-state index contributed by atoms with van der Waals surface area (Å²) < 4.78 is 24.3. The minimum atomic E-state index is -2.38. The Bertz CT molecular complexity index is 415. The van der Waals surface area contributed by atoms with Crippen molar-refractivity contribution in [2.45, 2.75) is 36.1 Å². The fourth-order valence-electron chi connectivity index (χ4n) is 1.96. The zero-order chi connectivity index (χ0) is 13.7. The standard InChI is InChI=1S/C13H16F2N2OS/c14-13(15)19-11-4-1-9(2-5-11)7-16-10-3-6-12(18)17-8-10/h1-2,4-5,10,13,16H,3,6-8H2,(H,17,18)/t10-/m0/s1. The Balaban J connectivity index is 1.78. The van der Waals surface area contributed by atoms with Crippen molar-refractivity contribution >= 4 is 17.7 Å². The van der Waals surface area contributed by atoms with Crippen molar-refractivity contribution in [2.24, 2.45) is 0 Å². The van der Waals surface area contributed by atoms with E-state index in [9.17, 15) is 13.6 Å². The van der Waals surface area contributed by atoms with Gasteiger partial charge in [0, 0.05) is 30.4 Å². The molecule has 0 unspecified atom stereocenters. The van der Waals surface area contributed by atoms with Crippen LogP contribution in [0.5, 0.6) is 0 Å². The van der Waals surface area contributed by atoms with E-state index < -0.39 is 5.76 Å². The molecule has 1 amide bonds. The SMILES string of the molecule is O=C1CC[C@H](NCc2ccc(SC(F)F)cc2)CN1. The van der Waals surface area contributed by atoms with E-state index >= 15 is 0 Å². The van der Waals surface area contributed by atoms with Gasteiger partial charge < -0.3 is 10.6 Å². The van der Waals surface area contributed by atoms with E-state index in [0.29, 0.717) is 36.2 Å². The van der Waals surface area contributed by atoms with Gasteiger partial charge in [-0.2, -0.15) is 8.78 Å². The number of thioether (sulfide) groups is 1. The first kappa shape index (κ1) is 14.3. The van der Waals surface area contributed by atoms with Gasteiger partial charge in [0.25, 0.3) is 5.76 Å². The van der Waals surface area contributed by atoms with Gasteiger partial charge in [-0.3, -0.25) is 4.79 Å². The first-order valence-electron chi connectivity index (χ1n) is 6.17. The molecule has 104 valence electrons. The zero-order valence-electron chi connectivity index (χ0n) is 10.4. The molecule has 0 bridgehead atoms. The number of hydrogen-bond donors (Lipinski definition) is 2. The molecule has 2 N–H and O–H groups in total. The number of rotatable bonds is 5. The average molecular weight is 286 g/mol. The van der Waals surface area contributed by atoms with E-state index in [1.165, 1.54) is 0 Å². The highest BCUT2D eigenvalue weighted by Gasteiger charge is 2.16. The summed E-state index contributed by atoms with van der Waals surface area (Å²) in [7, 11) is 0. The van der Waals surface area contributed by atoms with Crippen molar-refractivity contribution < 1.29 is 13.6 Å². The molecule has 2 rings (SSSR count). The number of nitrogens with one attached hydrogen (secondary N) is 2. The summed E-state index contributed by atoms with van der Waals surface area (Å²) in [5, 5.41) is 6.16. The molecule has 1 aromatic carbocycles.